The first-order chi connectivity index (χ1) is 19.9. The second-order valence-corrected chi connectivity index (χ2v) is 14.5. The molecule has 42 heavy (non-hydrogen) atoms. The van der Waals surface area contributed by atoms with E-state index in [1.165, 1.54) is 29.8 Å². The van der Waals surface area contributed by atoms with E-state index < -0.39 is 64.0 Å². The maximum Gasteiger partial charge on any atom is 0.328 e. The van der Waals surface area contributed by atoms with E-state index in [0.29, 0.717) is 5.56 Å². The van der Waals surface area contributed by atoms with Crippen molar-refractivity contribution in [3.8, 4) is 0 Å². The van der Waals surface area contributed by atoms with Gasteiger partial charge < -0.3 is 42.9 Å². The zero-order valence-corrected chi connectivity index (χ0v) is 26.8. The quantitative estimate of drug-likeness (QED) is 0.131. The Morgan fingerprint density at radius 3 is 2.45 bits per heavy atom. The van der Waals surface area contributed by atoms with Crippen molar-refractivity contribution in [2.75, 3.05) is 52.8 Å². The van der Waals surface area contributed by atoms with Crippen LogP contribution in [0.1, 0.15) is 39.3 Å². The Hall–Kier alpha value is -1.75. The van der Waals surface area contributed by atoms with Gasteiger partial charge in [0.15, 0.2) is 7.14 Å². The normalized spacial score (nSPS) is 22.3. The van der Waals surface area contributed by atoms with Crippen molar-refractivity contribution in [3.63, 3.8) is 0 Å². The van der Waals surface area contributed by atoms with Crippen LogP contribution >= 0.6 is 15.7 Å². The largest absolute Gasteiger partial charge is 0.388 e. The number of nitrogens with one attached hydrogen (secondary N) is 1. The molecule has 0 spiro atoms. The van der Waals surface area contributed by atoms with Gasteiger partial charge in [0.1, 0.15) is 37.6 Å². The highest BCUT2D eigenvalue weighted by Crippen LogP contribution is 2.50. The Kier molecular flexibility index (Phi) is 15.2. The lowest BCUT2D eigenvalue weighted by Gasteiger charge is -2.45. The molecule has 238 valence electrons. The third-order valence-electron chi connectivity index (χ3n) is 6.48. The summed E-state index contributed by atoms with van der Waals surface area (Å²) >= 11 is 0. The van der Waals surface area contributed by atoms with Crippen LogP contribution in [-0.2, 0) is 27.8 Å². The van der Waals surface area contributed by atoms with Gasteiger partial charge in [-0.3, -0.25) is 14.3 Å². The summed E-state index contributed by atoms with van der Waals surface area (Å²) in [7, 11) is -3.74. The standard InChI is InChI=1S/C26H44N4O10P2/c1-18(2)30(19(3)4)41(39-10-9-27-6)40-24-22(8-13-42(35,16-31)17-32)38-15-21(23(24)37-12-11-36-7)29-14-20(5)25(33)28-26(29)34/h8,13-14,18-19,21-24,31-32H,9-12,15-17H2,1-5,7H3,(H,28,33,34)/b13-8+/t21-,22?,23+,24-,41?/m1/s1. The smallest absolute Gasteiger partial charge is 0.328 e. The average molecular weight is 635 g/mol. The number of rotatable bonds is 17. The first-order valence-electron chi connectivity index (χ1n) is 13.7. The summed E-state index contributed by atoms with van der Waals surface area (Å²) in [6.07, 6.45) is -1.28. The number of aliphatic hydroxyl groups is 2. The zero-order valence-electron chi connectivity index (χ0n) is 25.0. The molecule has 3 N–H and O–H groups in total. The predicted octanol–water partition coefficient (Wildman–Crippen LogP) is 2.26. The molecule has 16 heteroatoms. The maximum absolute atomic E-state index is 12.9. The SMILES string of the molecule is [C-]#[N+]CCOP(O[C@@H]1C(/C=C/P(=O)(CO)CO)OC[C@@H](n2cc(C)c(=O)[nH]c2=O)[C@@H]1OCCOC)N(C(C)C)C(C)C. The topological polar surface area (TPSA) is 166 Å². The number of aromatic amines is 1. The van der Waals surface area contributed by atoms with E-state index in [2.05, 4.69) is 9.83 Å². The van der Waals surface area contributed by atoms with Crippen LogP contribution in [0.2, 0.25) is 0 Å². The Morgan fingerprint density at radius 2 is 1.88 bits per heavy atom. The van der Waals surface area contributed by atoms with Crippen molar-refractivity contribution in [1.82, 2.24) is 14.2 Å². The number of hydrogen-bond acceptors (Lipinski definition) is 11. The highest BCUT2D eigenvalue weighted by atomic mass is 31.2. The summed E-state index contributed by atoms with van der Waals surface area (Å²) in [4.78, 5) is 30.7. The summed E-state index contributed by atoms with van der Waals surface area (Å²) in [6, 6.07) is -0.784. The molecule has 5 atom stereocenters. The fourth-order valence-corrected chi connectivity index (χ4v) is 6.91. The second-order valence-electron chi connectivity index (χ2n) is 10.3. The van der Waals surface area contributed by atoms with E-state index in [0.717, 1.165) is 0 Å². The van der Waals surface area contributed by atoms with Crippen LogP contribution in [0.4, 0.5) is 0 Å². The van der Waals surface area contributed by atoms with Crippen molar-refractivity contribution >= 4 is 15.7 Å². The van der Waals surface area contributed by atoms with Gasteiger partial charge in [-0.25, -0.2) is 16.0 Å². The molecule has 2 unspecified atom stereocenters. The molecule has 1 fully saturated rings. The van der Waals surface area contributed by atoms with Crippen LogP contribution in [0.5, 0.6) is 0 Å². The minimum absolute atomic E-state index is 0.0142. The van der Waals surface area contributed by atoms with Crippen LogP contribution in [0, 0.1) is 13.5 Å². The Morgan fingerprint density at radius 1 is 1.21 bits per heavy atom. The molecule has 2 rings (SSSR count). The molecule has 14 nitrogen and oxygen atoms in total. The third kappa shape index (κ3) is 9.89. The molecule has 0 radical (unpaired) electrons. The highest BCUT2D eigenvalue weighted by molar-refractivity contribution is 7.66. The molecular formula is C26H44N4O10P2. The number of aliphatic hydroxyl groups excluding tert-OH is 2. The monoisotopic (exact) mass is 634 g/mol. The van der Waals surface area contributed by atoms with Crippen LogP contribution < -0.4 is 11.2 Å². The summed E-state index contributed by atoms with van der Waals surface area (Å²) in [6.45, 7) is 17.3. The minimum Gasteiger partial charge on any atom is -0.388 e. The van der Waals surface area contributed by atoms with Gasteiger partial charge in [0, 0.05) is 31.0 Å². The fraction of sp³-hybridized carbons (Fsp3) is 0.731. The lowest BCUT2D eigenvalue weighted by Crippen LogP contribution is -2.55. The molecular weight excluding hydrogens is 590 g/mol. The molecule has 1 aliphatic rings. The molecule has 0 aliphatic carbocycles. The number of H-pyrrole nitrogens is 1. The molecule has 1 aromatic rings. The van der Waals surface area contributed by atoms with Crippen molar-refractivity contribution in [2.45, 2.75) is 71.1 Å². The van der Waals surface area contributed by atoms with Gasteiger partial charge in [-0.1, -0.05) is 0 Å². The van der Waals surface area contributed by atoms with E-state index >= 15 is 0 Å². The number of methoxy groups -OCH3 is 1. The van der Waals surface area contributed by atoms with Crippen LogP contribution in [0.25, 0.3) is 4.85 Å². The highest BCUT2D eigenvalue weighted by Gasteiger charge is 2.46. The van der Waals surface area contributed by atoms with Crippen molar-refractivity contribution < 1.29 is 38.0 Å². The van der Waals surface area contributed by atoms with E-state index in [1.807, 2.05) is 32.4 Å². The van der Waals surface area contributed by atoms with Gasteiger partial charge in [-0.2, -0.15) is 0 Å². The fourth-order valence-electron chi connectivity index (χ4n) is 4.41. The number of nitrogens with zero attached hydrogens (tertiary/aromatic N) is 3. The van der Waals surface area contributed by atoms with Crippen molar-refractivity contribution in [3.05, 3.63) is 55.9 Å². The van der Waals surface area contributed by atoms with E-state index in [-0.39, 0.29) is 45.1 Å². The Labute approximate surface area is 247 Å². The van der Waals surface area contributed by atoms with E-state index in [1.54, 1.807) is 6.92 Å². The number of hydrogen-bond donors (Lipinski definition) is 3. The number of aromatic nitrogens is 2. The molecule has 1 aromatic heterocycles. The predicted molar refractivity (Wildman–Crippen MR) is 159 cm³/mol. The van der Waals surface area contributed by atoms with Crippen molar-refractivity contribution in [1.29, 1.82) is 0 Å². The number of aryl methyl sites for hydroxylation is 1. The summed E-state index contributed by atoms with van der Waals surface area (Å²) in [5, 5.41) is 19.2. The molecule has 1 saturated heterocycles. The van der Waals surface area contributed by atoms with Gasteiger partial charge in [0.05, 0.1) is 25.9 Å². The first kappa shape index (κ1) is 36.4. The summed E-state index contributed by atoms with van der Waals surface area (Å²) in [5.74, 6) is 1.24. The van der Waals surface area contributed by atoms with Gasteiger partial charge in [0.2, 0.25) is 6.54 Å². The van der Waals surface area contributed by atoms with Gasteiger partial charge >= 0.3 is 5.69 Å². The van der Waals surface area contributed by atoms with Crippen LogP contribution in [0.15, 0.2) is 27.7 Å². The summed E-state index contributed by atoms with van der Waals surface area (Å²) in [5.41, 5.74) is -0.852. The van der Waals surface area contributed by atoms with Crippen LogP contribution in [0.3, 0.4) is 0 Å². The molecule has 0 amide bonds. The van der Waals surface area contributed by atoms with Crippen LogP contribution in [-0.4, -0.2) is 108 Å². The van der Waals surface area contributed by atoms with Crippen molar-refractivity contribution in [2.24, 2.45) is 0 Å². The molecule has 2 heterocycles. The van der Waals surface area contributed by atoms with Gasteiger partial charge in [-0.15, -0.1) is 0 Å². The molecule has 0 aromatic carbocycles. The van der Waals surface area contributed by atoms with Gasteiger partial charge in [0.25, 0.3) is 14.1 Å². The average Bonchev–Trinajstić information content (AvgIpc) is 2.94. The third-order valence-corrected chi connectivity index (χ3v) is 10.3. The first-order valence-corrected chi connectivity index (χ1v) is 16.9. The molecule has 1 aliphatic heterocycles. The number of ether oxygens (including phenoxy) is 3. The molecule has 0 saturated carbocycles. The van der Waals surface area contributed by atoms with Gasteiger partial charge in [-0.05, 0) is 46.5 Å². The molecule has 0 bridgehead atoms. The second kappa shape index (κ2) is 17.5. The Balaban J connectivity index is 2.68. The maximum atomic E-state index is 12.9. The van der Waals surface area contributed by atoms with E-state index in [9.17, 15) is 24.4 Å². The lowest BCUT2D eigenvalue weighted by molar-refractivity contribution is -0.161. The Bertz CT molecular complexity index is 1200. The minimum atomic E-state index is -3.45. The zero-order chi connectivity index (χ0) is 31.4. The lowest BCUT2D eigenvalue weighted by atomic mass is 9.97. The van der Waals surface area contributed by atoms with E-state index in [4.69, 9.17) is 29.8 Å². The summed E-state index contributed by atoms with van der Waals surface area (Å²) < 4.78 is 46.6.